The molecule has 5 rings (SSSR count). The van der Waals surface area contributed by atoms with Gasteiger partial charge in [-0.25, -0.2) is 4.68 Å². The number of phenols is 1. The minimum absolute atomic E-state index is 0.0146. The molecule has 0 bridgehead atoms. The molecule has 31 heavy (non-hydrogen) atoms. The first kappa shape index (κ1) is 19.4. The highest BCUT2D eigenvalue weighted by Crippen LogP contribution is 2.45. The summed E-state index contributed by atoms with van der Waals surface area (Å²) in [6.07, 6.45) is 4.06. The number of carbonyl (C=O) groups excluding carboxylic acids is 1. The predicted molar refractivity (Wildman–Crippen MR) is 116 cm³/mol. The van der Waals surface area contributed by atoms with E-state index in [1.807, 2.05) is 13.0 Å². The van der Waals surface area contributed by atoms with Gasteiger partial charge in [-0.2, -0.15) is 10.1 Å². The van der Waals surface area contributed by atoms with Gasteiger partial charge in [0.15, 0.2) is 11.5 Å². The number of Topliss-reactive ketones (excluding diaryl/α,β-unsaturated/α-hetero) is 1. The Morgan fingerprint density at radius 3 is 2.74 bits per heavy atom. The zero-order valence-corrected chi connectivity index (χ0v) is 17.4. The van der Waals surface area contributed by atoms with Crippen LogP contribution in [-0.2, 0) is 4.79 Å². The number of hydrogen-bond donors (Lipinski definition) is 2. The number of ether oxygens (including phenoxy) is 1. The highest BCUT2D eigenvalue weighted by Gasteiger charge is 2.43. The molecule has 3 atom stereocenters. The SMILES string of the molecule is CCOc1cc([C@@H]2[C@@H]3C(=O)C[C@@H](c4ccc(C)cc4)C=C3Nc3ncnn32)ccc1O. The van der Waals surface area contributed by atoms with Crippen molar-refractivity contribution in [1.82, 2.24) is 14.8 Å². The van der Waals surface area contributed by atoms with Gasteiger partial charge in [-0.15, -0.1) is 0 Å². The molecule has 2 aliphatic rings. The topological polar surface area (TPSA) is 89.3 Å². The van der Waals surface area contributed by atoms with Crippen molar-refractivity contribution in [2.24, 2.45) is 5.92 Å². The molecule has 3 aromatic rings. The number of fused-ring (bicyclic) bond motifs is 2. The standard InChI is InChI=1S/C24H24N4O3/c1-3-31-21-12-16(8-9-19(21)29)23-22-18(27-24-25-13-26-28(23)24)10-17(11-20(22)30)15-6-4-14(2)5-7-15/h4-10,12-13,17,22-23,29H,3,11H2,1-2H3,(H,25,26,27)/t17-,22-,23+/m0/s1. The van der Waals surface area contributed by atoms with Gasteiger partial charge in [-0.1, -0.05) is 42.0 Å². The van der Waals surface area contributed by atoms with E-state index in [2.05, 4.69) is 52.7 Å². The number of aromatic hydroxyl groups is 1. The number of carbonyl (C=O) groups is 1. The molecule has 2 heterocycles. The molecule has 7 heteroatoms. The molecule has 7 nitrogen and oxygen atoms in total. The molecule has 0 amide bonds. The molecule has 0 spiro atoms. The maximum Gasteiger partial charge on any atom is 0.226 e. The van der Waals surface area contributed by atoms with Crippen molar-refractivity contribution in [3.63, 3.8) is 0 Å². The summed E-state index contributed by atoms with van der Waals surface area (Å²) in [6, 6.07) is 13.2. The lowest BCUT2D eigenvalue weighted by atomic mass is 9.75. The first-order valence-electron chi connectivity index (χ1n) is 10.5. The van der Waals surface area contributed by atoms with Crippen LogP contribution in [0.5, 0.6) is 11.5 Å². The largest absolute Gasteiger partial charge is 0.504 e. The second kappa shape index (κ2) is 7.58. The Morgan fingerprint density at radius 2 is 1.97 bits per heavy atom. The van der Waals surface area contributed by atoms with Crippen molar-refractivity contribution < 1.29 is 14.6 Å². The van der Waals surface area contributed by atoms with Gasteiger partial charge in [0.25, 0.3) is 0 Å². The monoisotopic (exact) mass is 416 g/mol. The summed E-state index contributed by atoms with van der Waals surface area (Å²) in [5.41, 5.74) is 4.00. The van der Waals surface area contributed by atoms with Gasteiger partial charge < -0.3 is 15.2 Å². The lowest BCUT2D eigenvalue weighted by Gasteiger charge is -2.38. The molecular weight excluding hydrogens is 392 g/mol. The maximum absolute atomic E-state index is 13.4. The van der Waals surface area contributed by atoms with Crippen LogP contribution < -0.4 is 10.1 Å². The zero-order valence-electron chi connectivity index (χ0n) is 17.4. The lowest BCUT2D eigenvalue weighted by Crippen LogP contribution is -2.40. The number of benzene rings is 2. The van der Waals surface area contributed by atoms with E-state index in [9.17, 15) is 9.90 Å². The van der Waals surface area contributed by atoms with E-state index >= 15 is 0 Å². The number of aromatic nitrogens is 3. The summed E-state index contributed by atoms with van der Waals surface area (Å²) in [4.78, 5) is 17.8. The predicted octanol–water partition coefficient (Wildman–Crippen LogP) is 3.96. The van der Waals surface area contributed by atoms with Crippen LogP contribution in [-0.4, -0.2) is 32.3 Å². The second-order valence-electron chi connectivity index (χ2n) is 8.05. The normalized spacial score (nSPS) is 22.2. The molecule has 1 aliphatic heterocycles. The van der Waals surface area contributed by atoms with Crippen LogP contribution in [0.1, 0.15) is 42.0 Å². The fourth-order valence-electron chi connectivity index (χ4n) is 4.52. The Labute approximate surface area is 180 Å². The van der Waals surface area contributed by atoms with Crippen molar-refractivity contribution in [1.29, 1.82) is 0 Å². The number of rotatable bonds is 4. The van der Waals surface area contributed by atoms with Crippen LogP contribution in [0.2, 0.25) is 0 Å². The van der Waals surface area contributed by atoms with Crippen molar-refractivity contribution in [2.75, 3.05) is 11.9 Å². The first-order chi connectivity index (χ1) is 15.0. The van der Waals surface area contributed by atoms with Crippen LogP contribution in [0.4, 0.5) is 5.95 Å². The molecule has 2 N–H and O–H groups in total. The van der Waals surface area contributed by atoms with Crippen LogP contribution in [0, 0.1) is 12.8 Å². The lowest BCUT2D eigenvalue weighted by molar-refractivity contribution is -0.123. The number of ketones is 1. The van der Waals surface area contributed by atoms with Crippen LogP contribution >= 0.6 is 0 Å². The third kappa shape index (κ3) is 3.36. The first-order valence-corrected chi connectivity index (χ1v) is 10.5. The summed E-state index contributed by atoms with van der Waals surface area (Å²) in [6.45, 7) is 4.35. The highest BCUT2D eigenvalue weighted by atomic mass is 16.5. The van der Waals surface area contributed by atoms with E-state index in [1.165, 1.54) is 11.9 Å². The molecular formula is C24H24N4O3. The fraction of sp³-hybridized carbons (Fsp3) is 0.292. The van der Waals surface area contributed by atoms with Crippen LogP contribution in [0.3, 0.4) is 0 Å². The van der Waals surface area contributed by atoms with Gasteiger partial charge in [0.1, 0.15) is 12.1 Å². The Bertz CT molecular complexity index is 1170. The molecule has 0 saturated heterocycles. The van der Waals surface area contributed by atoms with E-state index in [0.717, 1.165) is 16.8 Å². The zero-order chi connectivity index (χ0) is 21.5. The van der Waals surface area contributed by atoms with Crippen LogP contribution in [0.15, 0.2) is 60.6 Å². The van der Waals surface area contributed by atoms with E-state index in [4.69, 9.17) is 4.74 Å². The number of anilines is 1. The van der Waals surface area contributed by atoms with Gasteiger partial charge >= 0.3 is 0 Å². The van der Waals surface area contributed by atoms with E-state index in [0.29, 0.717) is 24.7 Å². The van der Waals surface area contributed by atoms with Crippen molar-refractivity contribution in [3.8, 4) is 11.5 Å². The summed E-state index contributed by atoms with van der Waals surface area (Å²) in [7, 11) is 0. The van der Waals surface area contributed by atoms with Crippen molar-refractivity contribution in [2.45, 2.75) is 32.2 Å². The summed E-state index contributed by atoms with van der Waals surface area (Å²) >= 11 is 0. The minimum atomic E-state index is -0.407. The summed E-state index contributed by atoms with van der Waals surface area (Å²) in [5, 5.41) is 17.8. The number of hydrogen-bond acceptors (Lipinski definition) is 6. The quantitative estimate of drug-likeness (QED) is 0.669. The Hall–Kier alpha value is -3.61. The fourth-order valence-corrected chi connectivity index (χ4v) is 4.52. The number of nitrogens with one attached hydrogen (secondary N) is 1. The number of phenolic OH excluding ortho intramolecular Hbond substituents is 1. The average Bonchev–Trinajstić information content (AvgIpc) is 3.22. The highest BCUT2D eigenvalue weighted by molar-refractivity contribution is 5.88. The van der Waals surface area contributed by atoms with Crippen molar-refractivity contribution >= 4 is 11.7 Å². The molecule has 1 aromatic heterocycles. The molecule has 0 unspecified atom stereocenters. The van der Waals surface area contributed by atoms with Gasteiger partial charge in [0.05, 0.1) is 18.6 Å². The molecule has 0 radical (unpaired) electrons. The van der Waals surface area contributed by atoms with E-state index in [1.54, 1.807) is 16.8 Å². The van der Waals surface area contributed by atoms with E-state index < -0.39 is 5.92 Å². The number of allylic oxidation sites excluding steroid dienone is 2. The summed E-state index contributed by atoms with van der Waals surface area (Å²) < 4.78 is 7.32. The number of nitrogens with zero attached hydrogens (tertiary/aromatic N) is 3. The van der Waals surface area contributed by atoms with Crippen LogP contribution in [0.25, 0.3) is 0 Å². The smallest absolute Gasteiger partial charge is 0.226 e. The number of aryl methyl sites for hydroxylation is 1. The summed E-state index contributed by atoms with van der Waals surface area (Å²) in [5.74, 6) is 0.814. The molecule has 1 aliphatic carbocycles. The Morgan fingerprint density at radius 1 is 1.19 bits per heavy atom. The maximum atomic E-state index is 13.4. The van der Waals surface area contributed by atoms with Gasteiger partial charge in [0.2, 0.25) is 5.95 Å². The molecule has 0 saturated carbocycles. The molecule has 158 valence electrons. The third-order valence-electron chi connectivity index (χ3n) is 6.02. The third-order valence-corrected chi connectivity index (χ3v) is 6.02. The van der Waals surface area contributed by atoms with Gasteiger partial charge in [-0.3, -0.25) is 4.79 Å². The molecule has 0 fully saturated rings. The average molecular weight is 416 g/mol. The second-order valence-corrected chi connectivity index (χ2v) is 8.05. The van der Waals surface area contributed by atoms with Gasteiger partial charge in [0, 0.05) is 18.0 Å². The Balaban J connectivity index is 1.59. The minimum Gasteiger partial charge on any atom is -0.504 e. The Kier molecular flexibility index (Phi) is 4.73. The van der Waals surface area contributed by atoms with Gasteiger partial charge in [-0.05, 0) is 37.1 Å². The van der Waals surface area contributed by atoms with E-state index in [-0.39, 0.29) is 23.5 Å². The molecule has 2 aromatic carbocycles. The van der Waals surface area contributed by atoms with Crippen molar-refractivity contribution in [3.05, 3.63) is 77.3 Å².